The van der Waals surface area contributed by atoms with Crippen molar-refractivity contribution >= 4 is 0 Å². The molecule has 1 rings (SSSR count). The van der Waals surface area contributed by atoms with E-state index in [1.54, 1.807) is 0 Å². The highest BCUT2D eigenvalue weighted by Crippen LogP contribution is 2.14. The molecule has 0 spiro atoms. The molecule has 1 aromatic rings. The van der Waals surface area contributed by atoms with Crippen LogP contribution in [0.25, 0.3) is 0 Å². The SMILES string of the molecule is C#CC(CC)c1ccc[nH]1. The number of hydrogen-bond acceptors (Lipinski definition) is 0. The quantitative estimate of drug-likeness (QED) is 0.595. The first-order chi connectivity index (χ1) is 4.88. The topological polar surface area (TPSA) is 15.8 Å². The van der Waals surface area contributed by atoms with Crippen molar-refractivity contribution in [1.29, 1.82) is 0 Å². The fourth-order valence-electron chi connectivity index (χ4n) is 0.989. The van der Waals surface area contributed by atoms with E-state index in [0.29, 0.717) is 0 Å². The fourth-order valence-corrected chi connectivity index (χ4v) is 0.989. The number of hydrogen-bond donors (Lipinski definition) is 1. The zero-order valence-corrected chi connectivity index (χ0v) is 6.09. The van der Waals surface area contributed by atoms with Gasteiger partial charge in [-0.3, -0.25) is 0 Å². The molecule has 0 fully saturated rings. The van der Waals surface area contributed by atoms with Crippen molar-refractivity contribution < 1.29 is 0 Å². The van der Waals surface area contributed by atoms with Gasteiger partial charge in [0.15, 0.2) is 0 Å². The molecule has 0 bridgehead atoms. The Labute approximate surface area is 61.5 Å². The third-order valence-corrected chi connectivity index (χ3v) is 1.61. The van der Waals surface area contributed by atoms with E-state index in [-0.39, 0.29) is 5.92 Å². The molecule has 0 aliphatic heterocycles. The maximum atomic E-state index is 5.30. The maximum absolute atomic E-state index is 5.30. The molecule has 10 heavy (non-hydrogen) atoms. The summed E-state index contributed by atoms with van der Waals surface area (Å²) in [5.74, 6) is 2.98. The average Bonchev–Trinajstić information content (AvgIpc) is 2.43. The van der Waals surface area contributed by atoms with Crippen LogP contribution in [0.2, 0.25) is 0 Å². The van der Waals surface area contributed by atoms with Gasteiger partial charge in [0.05, 0.1) is 5.92 Å². The molecule has 0 amide bonds. The van der Waals surface area contributed by atoms with Crippen LogP contribution in [0.5, 0.6) is 0 Å². The molecule has 1 N–H and O–H groups in total. The number of nitrogens with one attached hydrogen (secondary N) is 1. The van der Waals surface area contributed by atoms with Gasteiger partial charge >= 0.3 is 0 Å². The predicted octanol–water partition coefficient (Wildman–Crippen LogP) is 2.14. The summed E-state index contributed by atoms with van der Waals surface area (Å²) >= 11 is 0. The van der Waals surface area contributed by atoms with Crippen LogP contribution in [0.3, 0.4) is 0 Å². The number of terminal acetylenes is 1. The Morgan fingerprint density at radius 2 is 2.60 bits per heavy atom. The summed E-state index contributed by atoms with van der Waals surface area (Å²) in [6.07, 6.45) is 8.20. The smallest absolute Gasteiger partial charge is 0.0597 e. The van der Waals surface area contributed by atoms with Crippen molar-refractivity contribution in [2.45, 2.75) is 19.3 Å². The number of H-pyrrole nitrogens is 1. The maximum Gasteiger partial charge on any atom is 0.0597 e. The summed E-state index contributed by atoms with van der Waals surface area (Å²) in [6, 6.07) is 3.99. The molecule has 0 saturated heterocycles. The highest BCUT2D eigenvalue weighted by atomic mass is 14.7. The highest BCUT2D eigenvalue weighted by molar-refractivity contribution is 5.19. The standard InChI is InChI=1S/C9H11N/c1-3-8(4-2)9-6-5-7-10-9/h1,5-8,10H,4H2,2H3. The molecule has 1 atom stereocenters. The average molecular weight is 133 g/mol. The van der Waals surface area contributed by atoms with Gasteiger partial charge in [-0.05, 0) is 18.6 Å². The van der Waals surface area contributed by atoms with Gasteiger partial charge in [-0.25, -0.2) is 0 Å². The number of rotatable bonds is 2. The predicted molar refractivity (Wildman–Crippen MR) is 42.7 cm³/mol. The first-order valence-corrected chi connectivity index (χ1v) is 3.48. The summed E-state index contributed by atoms with van der Waals surface area (Å²) in [5, 5.41) is 0. The van der Waals surface area contributed by atoms with Crippen LogP contribution in [0.15, 0.2) is 18.3 Å². The molecule has 0 radical (unpaired) electrons. The zero-order chi connectivity index (χ0) is 7.40. The summed E-state index contributed by atoms with van der Waals surface area (Å²) in [4.78, 5) is 3.10. The second-order valence-corrected chi connectivity index (χ2v) is 2.25. The molecular formula is C9H11N. The molecular weight excluding hydrogens is 122 g/mol. The normalized spacial score (nSPS) is 12.4. The van der Waals surface area contributed by atoms with Gasteiger partial charge in [-0.15, -0.1) is 6.42 Å². The van der Waals surface area contributed by atoms with Gasteiger partial charge in [0, 0.05) is 11.9 Å². The van der Waals surface area contributed by atoms with Crippen molar-refractivity contribution in [3.05, 3.63) is 24.0 Å². The van der Waals surface area contributed by atoms with Crippen molar-refractivity contribution in [2.75, 3.05) is 0 Å². The Kier molecular flexibility index (Phi) is 2.17. The molecule has 1 nitrogen and oxygen atoms in total. The summed E-state index contributed by atoms with van der Waals surface area (Å²) < 4.78 is 0. The van der Waals surface area contributed by atoms with E-state index in [4.69, 9.17) is 6.42 Å². The fraction of sp³-hybridized carbons (Fsp3) is 0.333. The third kappa shape index (κ3) is 1.22. The van der Waals surface area contributed by atoms with Gasteiger partial charge < -0.3 is 4.98 Å². The van der Waals surface area contributed by atoms with Crippen molar-refractivity contribution in [3.63, 3.8) is 0 Å². The monoisotopic (exact) mass is 133 g/mol. The van der Waals surface area contributed by atoms with Gasteiger partial charge in [-0.1, -0.05) is 12.8 Å². The number of aromatic amines is 1. The molecule has 1 heterocycles. The van der Waals surface area contributed by atoms with Crippen LogP contribution in [0.1, 0.15) is 25.0 Å². The molecule has 1 aromatic heterocycles. The summed E-state index contributed by atoms with van der Waals surface area (Å²) in [7, 11) is 0. The highest BCUT2D eigenvalue weighted by Gasteiger charge is 2.03. The lowest BCUT2D eigenvalue weighted by Crippen LogP contribution is -1.92. The Morgan fingerprint density at radius 3 is 3.00 bits per heavy atom. The van der Waals surface area contributed by atoms with Crippen LogP contribution >= 0.6 is 0 Å². The van der Waals surface area contributed by atoms with Gasteiger partial charge in [0.25, 0.3) is 0 Å². The van der Waals surface area contributed by atoms with Crippen molar-refractivity contribution in [3.8, 4) is 12.3 Å². The Balaban J connectivity index is 2.76. The molecule has 0 aromatic carbocycles. The van der Waals surface area contributed by atoms with Crippen LogP contribution in [0.4, 0.5) is 0 Å². The van der Waals surface area contributed by atoms with E-state index >= 15 is 0 Å². The van der Waals surface area contributed by atoms with Gasteiger partial charge in [-0.2, -0.15) is 0 Å². The second-order valence-electron chi connectivity index (χ2n) is 2.25. The summed E-state index contributed by atoms with van der Waals surface area (Å²) in [6.45, 7) is 2.09. The molecule has 0 aliphatic rings. The Bertz CT molecular complexity index is 215. The number of aromatic nitrogens is 1. The lowest BCUT2D eigenvalue weighted by Gasteiger charge is -2.02. The lowest BCUT2D eigenvalue weighted by atomic mass is 10.0. The molecule has 1 heteroatoms. The minimum Gasteiger partial charge on any atom is -0.364 e. The van der Waals surface area contributed by atoms with Crippen molar-refractivity contribution in [2.24, 2.45) is 0 Å². The molecule has 1 unspecified atom stereocenters. The lowest BCUT2D eigenvalue weighted by molar-refractivity contribution is 0.806. The Morgan fingerprint density at radius 1 is 1.80 bits per heavy atom. The van der Waals surface area contributed by atoms with E-state index in [9.17, 15) is 0 Å². The van der Waals surface area contributed by atoms with E-state index in [1.807, 2.05) is 18.3 Å². The third-order valence-electron chi connectivity index (χ3n) is 1.61. The largest absolute Gasteiger partial charge is 0.364 e. The molecule has 0 aliphatic carbocycles. The minimum absolute atomic E-state index is 0.259. The van der Waals surface area contributed by atoms with E-state index in [1.165, 1.54) is 0 Å². The first kappa shape index (κ1) is 6.95. The van der Waals surface area contributed by atoms with Crippen LogP contribution < -0.4 is 0 Å². The van der Waals surface area contributed by atoms with Gasteiger partial charge in [0.1, 0.15) is 0 Å². The van der Waals surface area contributed by atoms with E-state index in [0.717, 1.165) is 12.1 Å². The van der Waals surface area contributed by atoms with Crippen molar-refractivity contribution in [1.82, 2.24) is 4.98 Å². The second kappa shape index (κ2) is 3.12. The van der Waals surface area contributed by atoms with Crippen LogP contribution in [-0.4, -0.2) is 4.98 Å². The Hall–Kier alpha value is -1.16. The minimum atomic E-state index is 0.259. The van der Waals surface area contributed by atoms with E-state index < -0.39 is 0 Å². The summed E-state index contributed by atoms with van der Waals surface area (Å²) in [5.41, 5.74) is 1.14. The molecule has 52 valence electrons. The van der Waals surface area contributed by atoms with E-state index in [2.05, 4.69) is 17.8 Å². The van der Waals surface area contributed by atoms with Crippen LogP contribution in [0, 0.1) is 12.3 Å². The zero-order valence-electron chi connectivity index (χ0n) is 6.09. The first-order valence-electron chi connectivity index (χ1n) is 3.48. The molecule has 0 saturated carbocycles. The van der Waals surface area contributed by atoms with Crippen LogP contribution in [-0.2, 0) is 0 Å². The van der Waals surface area contributed by atoms with Gasteiger partial charge in [0.2, 0.25) is 0 Å².